The van der Waals surface area contributed by atoms with Crippen LogP contribution in [0.5, 0.6) is 0 Å². The predicted octanol–water partition coefficient (Wildman–Crippen LogP) is 5.64. The zero-order chi connectivity index (χ0) is 17.2. The highest BCUT2D eigenvalue weighted by Crippen LogP contribution is 2.29. The van der Waals surface area contributed by atoms with Crippen LogP contribution in [0.2, 0.25) is 0 Å². The van der Waals surface area contributed by atoms with Gasteiger partial charge < -0.3 is 9.84 Å². The summed E-state index contributed by atoms with van der Waals surface area (Å²) < 4.78 is 4.93. The van der Waals surface area contributed by atoms with E-state index in [-0.39, 0.29) is 12.5 Å². The van der Waals surface area contributed by atoms with Gasteiger partial charge in [0.15, 0.2) is 0 Å². The first kappa shape index (κ1) is 18.1. The standard InChI is InChI=1S/C21H26O3/c1-2-3-4-6-11-17-14-9-10-15-19(17)20(16-24-21(22)23)18-12-7-5-8-13-18/h5,7-10,12-15,20H,2-4,6,11,16H2,1H3,(H,22,23). The van der Waals surface area contributed by atoms with Gasteiger partial charge >= 0.3 is 6.16 Å². The van der Waals surface area contributed by atoms with E-state index in [4.69, 9.17) is 9.84 Å². The summed E-state index contributed by atoms with van der Waals surface area (Å²) in [7, 11) is 0. The molecule has 2 rings (SSSR count). The number of unbranched alkanes of at least 4 members (excludes halogenated alkanes) is 3. The van der Waals surface area contributed by atoms with Crippen LogP contribution in [0.3, 0.4) is 0 Å². The molecular weight excluding hydrogens is 300 g/mol. The van der Waals surface area contributed by atoms with Crippen LogP contribution >= 0.6 is 0 Å². The first-order valence-electron chi connectivity index (χ1n) is 8.70. The Morgan fingerprint density at radius 3 is 2.42 bits per heavy atom. The summed E-state index contributed by atoms with van der Waals surface area (Å²) in [6.07, 6.45) is 4.66. The summed E-state index contributed by atoms with van der Waals surface area (Å²) in [5, 5.41) is 8.90. The molecule has 128 valence electrons. The van der Waals surface area contributed by atoms with Crippen molar-refractivity contribution in [3.8, 4) is 0 Å². The molecule has 3 nitrogen and oxygen atoms in total. The molecule has 1 unspecified atom stereocenters. The molecule has 0 heterocycles. The topological polar surface area (TPSA) is 46.5 Å². The fourth-order valence-electron chi connectivity index (χ4n) is 3.05. The highest BCUT2D eigenvalue weighted by atomic mass is 16.7. The highest BCUT2D eigenvalue weighted by molar-refractivity contribution is 5.57. The van der Waals surface area contributed by atoms with Gasteiger partial charge in [0.05, 0.1) is 0 Å². The van der Waals surface area contributed by atoms with Gasteiger partial charge in [-0.05, 0) is 29.5 Å². The Morgan fingerprint density at radius 1 is 1.00 bits per heavy atom. The summed E-state index contributed by atoms with van der Waals surface area (Å²) in [4.78, 5) is 10.9. The molecule has 0 fully saturated rings. The molecule has 0 aliphatic heterocycles. The molecule has 0 spiro atoms. The molecule has 2 aromatic rings. The highest BCUT2D eigenvalue weighted by Gasteiger charge is 2.19. The summed E-state index contributed by atoms with van der Waals surface area (Å²) in [5.74, 6) is -0.0651. The zero-order valence-electron chi connectivity index (χ0n) is 14.3. The Kier molecular flexibility index (Phi) is 7.34. The maximum atomic E-state index is 10.9. The van der Waals surface area contributed by atoms with Crippen molar-refractivity contribution >= 4 is 6.16 Å². The number of hydrogen-bond donors (Lipinski definition) is 1. The lowest BCUT2D eigenvalue weighted by atomic mass is 9.87. The molecule has 1 N–H and O–H groups in total. The zero-order valence-corrected chi connectivity index (χ0v) is 14.3. The molecule has 0 aromatic heterocycles. The van der Waals surface area contributed by atoms with Gasteiger partial charge in [-0.3, -0.25) is 0 Å². The van der Waals surface area contributed by atoms with Gasteiger partial charge in [-0.25, -0.2) is 4.79 Å². The van der Waals surface area contributed by atoms with Crippen LogP contribution in [0.15, 0.2) is 54.6 Å². The number of benzene rings is 2. The summed E-state index contributed by atoms with van der Waals surface area (Å²) in [6, 6.07) is 18.3. The van der Waals surface area contributed by atoms with Crippen molar-refractivity contribution in [3.63, 3.8) is 0 Å². The quantitative estimate of drug-likeness (QED) is 0.479. The molecule has 3 heteroatoms. The molecule has 0 amide bonds. The van der Waals surface area contributed by atoms with Crippen molar-refractivity contribution < 1.29 is 14.6 Å². The van der Waals surface area contributed by atoms with E-state index < -0.39 is 6.16 Å². The van der Waals surface area contributed by atoms with Crippen molar-refractivity contribution in [1.82, 2.24) is 0 Å². The third-order valence-electron chi connectivity index (χ3n) is 4.31. The van der Waals surface area contributed by atoms with Crippen LogP contribution in [-0.2, 0) is 11.2 Å². The second kappa shape index (κ2) is 9.76. The summed E-state index contributed by atoms with van der Waals surface area (Å²) in [6.45, 7) is 2.36. The fourth-order valence-corrected chi connectivity index (χ4v) is 3.05. The Labute approximate surface area is 144 Å². The minimum absolute atomic E-state index is 0.0651. The number of aryl methyl sites for hydroxylation is 1. The van der Waals surface area contributed by atoms with Gasteiger partial charge in [-0.15, -0.1) is 0 Å². The average molecular weight is 326 g/mol. The molecule has 24 heavy (non-hydrogen) atoms. The second-order valence-electron chi connectivity index (χ2n) is 6.05. The number of carboxylic acid groups (broad SMARTS) is 1. The molecule has 0 saturated carbocycles. The van der Waals surface area contributed by atoms with Crippen molar-refractivity contribution in [2.45, 2.75) is 44.9 Å². The van der Waals surface area contributed by atoms with Crippen LogP contribution in [-0.4, -0.2) is 17.9 Å². The van der Waals surface area contributed by atoms with Gasteiger partial charge in [0.2, 0.25) is 0 Å². The lowest BCUT2D eigenvalue weighted by Crippen LogP contribution is -2.14. The largest absolute Gasteiger partial charge is 0.505 e. The molecule has 1 atom stereocenters. The maximum absolute atomic E-state index is 10.9. The molecule has 0 saturated heterocycles. The van der Waals surface area contributed by atoms with Crippen molar-refractivity contribution in [2.24, 2.45) is 0 Å². The summed E-state index contributed by atoms with van der Waals surface area (Å²) >= 11 is 0. The van der Waals surface area contributed by atoms with Gasteiger partial charge in [0, 0.05) is 5.92 Å². The van der Waals surface area contributed by atoms with Gasteiger partial charge in [-0.1, -0.05) is 80.8 Å². The van der Waals surface area contributed by atoms with E-state index in [0.29, 0.717) is 0 Å². The lowest BCUT2D eigenvalue weighted by molar-refractivity contribution is 0.0888. The van der Waals surface area contributed by atoms with Gasteiger partial charge in [-0.2, -0.15) is 0 Å². The van der Waals surface area contributed by atoms with Crippen molar-refractivity contribution in [1.29, 1.82) is 0 Å². The van der Waals surface area contributed by atoms with Crippen LogP contribution in [0.25, 0.3) is 0 Å². The Morgan fingerprint density at radius 2 is 1.71 bits per heavy atom. The summed E-state index contributed by atoms with van der Waals surface area (Å²) in [5.41, 5.74) is 3.54. The SMILES string of the molecule is CCCCCCc1ccccc1C(COC(=O)O)c1ccccc1. The predicted molar refractivity (Wildman–Crippen MR) is 96.5 cm³/mol. The smallest absolute Gasteiger partial charge is 0.450 e. The molecule has 0 bridgehead atoms. The molecule has 0 radical (unpaired) electrons. The second-order valence-corrected chi connectivity index (χ2v) is 6.05. The van der Waals surface area contributed by atoms with E-state index in [0.717, 1.165) is 18.4 Å². The minimum atomic E-state index is -1.23. The number of ether oxygens (including phenoxy) is 1. The Balaban J connectivity index is 2.23. The normalized spacial score (nSPS) is 11.9. The van der Waals surface area contributed by atoms with E-state index in [1.165, 1.54) is 30.4 Å². The maximum Gasteiger partial charge on any atom is 0.505 e. The van der Waals surface area contributed by atoms with Crippen LogP contribution in [0, 0.1) is 0 Å². The molecule has 0 aliphatic rings. The Bertz CT molecular complexity index is 622. The van der Waals surface area contributed by atoms with E-state index in [2.05, 4.69) is 25.1 Å². The van der Waals surface area contributed by atoms with E-state index >= 15 is 0 Å². The molecule has 2 aromatic carbocycles. The van der Waals surface area contributed by atoms with Crippen LogP contribution in [0.4, 0.5) is 4.79 Å². The first-order valence-corrected chi connectivity index (χ1v) is 8.70. The molecule has 0 aliphatic carbocycles. The average Bonchev–Trinajstić information content (AvgIpc) is 2.61. The van der Waals surface area contributed by atoms with E-state index in [1.807, 2.05) is 36.4 Å². The number of rotatable bonds is 9. The van der Waals surface area contributed by atoms with Crippen LogP contribution in [0.1, 0.15) is 55.2 Å². The fraction of sp³-hybridized carbons (Fsp3) is 0.381. The van der Waals surface area contributed by atoms with Crippen molar-refractivity contribution in [2.75, 3.05) is 6.61 Å². The monoisotopic (exact) mass is 326 g/mol. The first-order chi connectivity index (χ1) is 11.7. The van der Waals surface area contributed by atoms with E-state index in [1.54, 1.807) is 0 Å². The Hall–Kier alpha value is -2.29. The van der Waals surface area contributed by atoms with Gasteiger partial charge in [0.25, 0.3) is 0 Å². The minimum Gasteiger partial charge on any atom is -0.450 e. The van der Waals surface area contributed by atoms with Gasteiger partial charge in [0.1, 0.15) is 6.61 Å². The van der Waals surface area contributed by atoms with Crippen LogP contribution < -0.4 is 0 Å². The third-order valence-corrected chi connectivity index (χ3v) is 4.31. The van der Waals surface area contributed by atoms with Crippen molar-refractivity contribution in [3.05, 3.63) is 71.3 Å². The molecular formula is C21H26O3. The number of hydrogen-bond acceptors (Lipinski definition) is 2. The number of carbonyl (C=O) groups is 1. The lowest BCUT2D eigenvalue weighted by Gasteiger charge is -2.20. The van der Waals surface area contributed by atoms with E-state index in [9.17, 15) is 4.79 Å². The third kappa shape index (κ3) is 5.41.